The van der Waals surface area contributed by atoms with E-state index in [1.54, 1.807) is 11.8 Å². The van der Waals surface area contributed by atoms with E-state index in [9.17, 15) is 18.0 Å². The predicted octanol–water partition coefficient (Wildman–Crippen LogP) is 0.665. The normalized spacial score (nSPS) is 23.6. The molecule has 2 bridgehead atoms. The van der Waals surface area contributed by atoms with Gasteiger partial charge in [-0.1, -0.05) is 0 Å². The van der Waals surface area contributed by atoms with Crippen molar-refractivity contribution in [3.63, 3.8) is 0 Å². The number of hydrogen-bond acceptors (Lipinski definition) is 5. The van der Waals surface area contributed by atoms with Crippen LogP contribution in [0.3, 0.4) is 0 Å². The minimum Gasteiger partial charge on any atom is -0.340 e. The largest absolute Gasteiger partial charge is 0.340 e. The van der Waals surface area contributed by atoms with E-state index < -0.39 is 16.1 Å². The van der Waals surface area contributed by atoms with Crippen LogP contribution in [-0.4, -0.2) is 56.3 Å². The van der Waals surface area contributed by atoms with E-state index in [1.807, 2.05) is 0 Å². The maximum atomic E-state index is 12.7. The van der Waals surface area contributed by atoms with E-state index in [1.165, 1.54) is 31.2 Å². The van der Waals surface area contributed by atoms with Gasteiger partial charge in [0, 0.05) is 37.8 Å². The van der Waals surface area contributed by atoms with Crippen molar-refractivity contribution in [2.75, 3.05) is 18.4 Å². The lowest BCUT2D eigenvalue weighted by Crippen LogP contribution is -2.49. The van der Waals surface area contributed by atoms with Crippen LogP contribution in [0.4, 0.5) is 5.69 Å². The zero-order valence-electron chi connectivity index (χ0n) is 15.6. The topological polar surface area (TPSA) is 108 Å². The van der Waals surface area contributed by atoms with Gasteiger partial charge in [0.05, 0.1) is 10.9 Å². The quantitative estimate of drug-likeness (QED) is 0.680. The van der Waals surface area contributed by atoms with Crippen molar-refractivity contribution < 1.29 is 18.0 Å². The molecule has 9 heteroatoms. The van der Waals surface area contributed by atoms with Crippen LogP contribution in [0, 0.1) is 0 Å². The number of benzene rings is 1. The molecule has 0 aromatic heterocycles. The fraction of sp³-hybridized carbons (Fsp3) is 0.556. The third kappa shape index (κ3) is 4.85. The number of carbonyl (C=O) groups is 2. The van der Waals surface area contributed by atoms with E-state index in [2.05, 4.69) is 15.4 Å². The van der Waals surface area contributed by atoms with Gasteiger partial charge < -0.3 is 15.5 Å². The van der Waals surface area contributed by atoms with Gasteiger partial charge in [-0.05, 0) is 50.5 Å². The Labute approximate surface area is 159 Å². The maximum Gasteiger partial charge on any atom is 0.241 e. The van der Waals surface area contributed by atoms with Gasteiger partial charge >= 0.3 is 0 Å². The molecule has 3 atom stereocenters. The molecule has 2 fully saturated rings. The molecule has 0 spiro atoms. The maximum absolute atomic E-state index is 12.7. The van der Waals surface area contributed by atoms with E-state index in [4.69, 9.17) is 0 Å². The first kappa shape index (κ1) is 19.8. The van der Waals surface area contributed by atoms with Gasteiger partial charge in [-0.25, -0.2) is 8.42 Å². The summed E-state index contributed by atoms with van der Waals surface area (Å²) in [4.78, 5) is 25.6. The van der Waals surface area contributed by atoms with Crippen molar-refractivity contribution in [1.29, 1.82) is 0 Å². The minimum atomic E-state index is -3.83. The predicted molar refractivity (Wildman–Crippen MR) is 102 cm³/mol. The van der Waals surface area contributed by atoms with Gasteiger partial charge in [0.15, 0.2) is 0 Å². The van der Waals surface area contributed by atoms with Crippen molar-refractivity contribution >= 4 is 27.5 Å². The van der Waals surface area contributed by atoms with Crippen molar-refractivity contribution in [2.24, 2.45) is 0 Å². The Morgan fingerprint density at radius 1 is 1.15 bits per heavy atom. The third-order valence-electron chi connectivity index (χ3n) is 5.02. The van der Waals surface area contributed by atoms with Crippen LogP contribution in [0.2, 0.25) is 0 Å². The lowest BCUT2D eigenvalue weighted by Gasteiger charge is -2.27. The second kappa shape index (κ2) is 7.95. The summed E-state index contributed by atoms with van der Waals surface area (Å²) in [5, 5.41) is 6.09. The number of carbonyl (C=O) groups excluding carboxylic acids is 2. The number of likely N-dealkylation sites (tertiary alicyclic amines) is 1. The van der Waals surface area contributed by atoms with Gasteiger partial charge in [-0.2, -0.15) is 4.72 Å². The summed E-state index contributed by atoms with van der Waals surface area (Å²) >= 11 is 0. The first-order valence-corrected chi connectivity index (χ1v) is 10.7. The molecular weight excluding hydrogens is 368 g/mol. The number of nitrogens with one attached hydrogen (secondary N) is 3. The Bertz CT molecular complexity index is 809. The smallest absolute Gasteiger partial charge is 0.241 e. The number of sulfonamides is 1. The van der Waals surface area contributed by atoms with Crippen LogP contribution in [0.1, 0.15) is 33.1 Å². The Hall–Kier alpha value is -1.97. The molecule has 27 heavy (non-hydrogen) atoms. The first-order valence-electron chi connectivity index (χ1n) is 9.19. The Kier molecular flexibility index (Phi) is 5.83. The third-order valence-corrected chi connectivity index (χ3v) is 6.58. The van der Waals surface area contributed by atoms with Crippen LogP contribution in [0.25, 0.3) is 0 Å². The highest BCUT2D eigenvalue weighted by Gasteiger charge is 2.33. The molecule has 3 N–H and O–H groups in total. The molecule has 3 unspecified atom stereocenters. The van der Waals surface area contributed by atoms with Gasteiger partial charge in [0.25, 0.3) is 0 Å². The van der Waals surface area contributed by atoms with Crippen molar-refractivity contribution in [3.05, 3.63) is 24.3 Å². The van der Waals surface area contributed by atoms with Gasteiger partial charge in [-0.3, -0.25) is 9.59 Å². The fourth-order valence-electron chi connectivity index (χ4n) is 3.69. The number of nitrogens with zero attached hydrogens (tertiary/aromatic N) is 1. The highest BCUT2D eigenvalue weighted by Crippen LogP contribution is 2.21. The van der Waals surface area contributed by atoms with Crippen molar-refractivity contribution in [3.8, 4) is 0 Å². The van der Waals surface area contributed by atoms with Crippen LogP contribution < -0.4 is 15.4 Å². The average molecular weight is 394 g/mol. The summed E-state index contributed by atoms with van der Waals surface area (Å²) in [6.45, 7) is 4.21. The van der Waals surface area contributed by atoms with Crippen LogP contribution in [0.15, 0.2) is 29.2 Å². The molecule has 8 nitrogen and oxygen atoms in total. The summed E-state index contributed by atoms with van der Waals surface area (Å²) in [5.41, 5.74) is 0.512. The minimum absolute atomic E-state index is 0.0489. The zero-order valence-corrected chi connectivity index (χ0v) is 16.4. The molecule has 2 saturated heterocycles. The molecule has 0 radical (unpaired) electrons. The van der Waals surface area contributed by atoms with Crippen LogP contribution in [-0.2, 0) is 19.6 Å². The summed E-state index contributed by atoms with van der Waals surface area (Å²) in [6, 6.07) is 5.74. The van der Waals surface area contributed by atoms with E-state index in [0.29, 0.717) is 30.9 Å². The lowest BCUT2D eigenvalue weighted by molar-refractivity contribution is -0.132. The first-order chi connectivity index (χ1) is 12.7. The molecule has 3 rings (SSSR count). The molecule has 148 valence electrons. The fourth-order valence-corrected chi connectivity index (χ4v) is 4.89. The Morgan fingerprint density at radius 2 is 1.81 bits per heavy atom. The second-order valence-corrected chi connectivity index (χ2v) is 8.97. The number of fused-ring (bicyclic) bond motifs is 2. The standard InChI is InChI=1S/C18H26N4O4S/c1-12(18(24)22-10-9-15-3-4-16(11-22)20-15)21-27(25,26)17-7-5-14(6-8-17)19-13(2)23/h5-8,12,15-16,20-21H,3-4,9-11H2,1-2H3,(H,19,23). The second-order valence-electron chi connectivity index (χ2n) is 7.26. The molecule has 2 aliphatic heterocycles. The molecule has 0 aliphatic carbocycles. The van der Waals surface area contributed by atoms with Crippen LogP contribution >= 0.6 is 0 Å². The summed E-state index contributed by atoms with van der Waals surface area (Å²) in [6.07, 6.45) is 3.09. The summed E-state index contributed by atoms with van der Waals surface area (Å²) < 4.78 is 27.6. The summed E-state index contributed by atoms with van der Waals surface area (Å²) in [7, 11) is -3.83. The molecule has 2 heterocycles. The Balaban J connectivity index is 1.64. The number of rotatable bonds is 5. The van der Waals surface area contributed by atoms with E-state index >= 15 is 0 Å². The van der Waals surface area contributed by atoms with Gasteiger partial charge in [0.1, 0.15) is 0 Å². The molecule has 2 amide bonds. The zero-order chi connectivity index (χ0) is 19.6. The highest BCUT2D eigenvalue weighted by molar-refractivity contribution is 7.89. The average Bonchev–Trinajstić information content (AvgIpc) is 2.93. The molecule has 0 saturated carbocycles. The lowest BCUT2D eigenvalue weighted by atomic mass is 10.1. The number of hydrogen-bond donors (Lipinski definition) is 3. The molecule has 1 aromatic carbocycles. The SMILES string of the molecule is CC(=O)Nc1ccc(S(=O)(=O)NC(C)C(=O)N2CCC3CCC(C2)N3)cc1. The van der Waals surface area contributed by atoms with E-state index in [-0.39, 0.29) is 16.7 Å². The van der Waals surface area contributed by atoms with E-state index in [0.717, 1.165) is 19.3 Å². The van der Waals surface area contributed by atoms with Crippen LogP contribution in [0.5, 0.6) is 0 Å². The summed E-state index contributed by atoms with van der Waals surface area (Å²) in [5.74, 6) is -0.439. The van der Waals surface area contributed by atoms with Gasteiger partial charge in [-0.15, -0.1) is 0 Å². The van der Waals surface area contributed by atoms with Gasteiger partial charge in [0.2, 0.25) is 21.8 Å². The van der Waals surface area contributed by atoms with Crippen molar-refractivity contribution in [2.45, 2.75) is 56.1 Å². The molecule has 1 aromatic rings. The number of amides is 2. The monoisotopic (exact) mass is 394 g/mol. The Morgan fingerprint density at radius 3 is 2.48 bits per heavy atom. The molecule has 2 aliphatic rings. The van der Waals surface area contributed by atoms with Crippen molar-refractivity contribution in [1.82, 2.24) is 14.9 Å². The molecular formula is C18H26N4O4S. The highest BCUT2D eigenvalue weighted by atomic mass is 32.2. The number of anilines is 1.